The van der Waals surface area contributed by atoms with Crippen molar-refractivity contribution in [3.63, 3.8) is 0 Å². The summed E-state index contributed by atoms with van der Waals surface area (Å²) < 4.78 is 39.0. The summed E-state index contributed by atoms with van der Waals surface area (Å²) in [7, 11) is -8.05. The molecule has 0 aromatic carbocycles. The topological polar surface area (TPSA) is 250 Å². The van der Waals surface area contributed by atoms with Gasteiger partial charge in [0.15, 0.2) is 0 Å². The van der Waals surface area contributed by atoms with Crippen LogP contribution in [0.4, 0.5) is 0 Å². The van der Waals surface area contributed by atoms with Crippen LogP contribution in [0.5, 0.6) is 0 Å². The molecular formula is C12H28N4O12P2. The minimum atomic E-state index is -4.02. The summed E-state index contributed by atoms with van der Waals surface area (Å²) in [6.45, 7) is 2.86. The number of nitrogens with zero attached hydrogens (tertiary/aromatic N) is 2. The highest BCUT2D eigenvalue weighted by atomic mass is 31.2. The van der Waals surface area contributed by atoms with Gasteiger partial charge in [0.2, 0.25) is 0 Å². The molecule has 2 heterocycles. The molecule has 0 unspecified atom stereocenters. The summed E-state index contributed by atoms with van der Waals surface area (Å²) in [5.74, 6) is 0. The number of phosphoric acid groups is 2. The van der Waals surface area contributed by atoms with Crippen molar-refractivity contribution in [2.45, 2.75) is 37.8 Å². The third-order valence-electron chi connectivity index (χ3n) is 4.24. The van der Waals surface area contributed by atoms with Gasteiger partial charge >= 0.3 is 15.6 Å². The van der Waals surface area contributed by atoms with E-state index in [1.165, 1.54) is 0 Å². The SMILES string of the molecule is CCC1([N+](=O)[O-])COP(=O)(O)OC1.CCC1([N+](=O)[O-])COP(=O)(O)OC1.NCCN. The Bertz CT molecular complexity index is 598. The van der Waals surface area contributed by atoms with Gasteiger partial charge in [0.25, 0.3) is 11.1 Å². The van der Waals surface area contributed by atoms with Crippen molar-refractivity contribution in [2.24, 2.45) is 11.5 Å². The van der Waals surface area contributed by atoms with E-state index in [9.17, 15) is 29.4 Å². The first kappa shape index (κ1) is 28.9. The molecule has 178 valence electrons. The highest BCUT2D eigenvalue weighted by Crippen LogP contribution is 2.49. The number of hydrogen-bond acceptors (Lipinski definition) is 12. The van der Waals surface area contributed by atoms with Gasteiger partial charge in [-0.15, -0.1) is 0 Å². The monoisotopic (exact) mass is 482 g/mol. The van der Waals surface area contributed by atoms with Gasteiger partial charge in [0.1, 0.15) is 26.4 Å². The van der Waals surface area contributed by atoms with E-state index < -0.39 is 36.6 Å². The largest absolute Gasteiger partial charge is 0.472 e. The lowest BCUT2D eigenvalue weighted by Crippen LogP contribution is -2.48. The van der Waals surface area contributed by atoms with Crippen LogP contribution < -0.4 is 11.5 Å². The fourth-order valence-corrected chi connectivity index (χ4v) is 3.60. The average Bonchev–Trinajstić information content (AvgIpc) is 2.69. The van der Waals surface area contributed by atoms with Gasteiger partial charge in [-0.25, -0.2) is 9.13 Å². The molecule has 6 N–H and O–H groups in total. The number of rotatable bonds is 5. The quantitative estimate of drug-likeness (QED) is 0.229. The second kappa shape index (κ2) is 12.1. The van der Waals surface area contributed by atoms with Gasteiger partial charge in [-0.2, -0.15) is 0 Å². The first-order valence-corrected chi connectivity index (χ1v) is 11.7. The van der Waals surface area contributed by atoms with E-state index >= 15 is 0 Å². The summed E-state index contributed by atoms with van der Waals surface area (Å²) >= 11 is 0. The minimum absolute atomic E-state index is 0.194. The maximum atomic E-state index is 10.7. The summed E-state index contributed by atoms with van der Waals surface area (Å²) in [4.78, 5) is 37.7. The number of nitro groups is 2. The lowest BCUT2D eigenvalue weighted by molar-refractivity contribution is -0.579. The average molecular weight is 482 g/mol. The number of phosphoric ester groups is 2. The zero-order valence-electron chi connectivity index (χ0n) is 16.6. The van der Waals surface area contributed by atoms with Crippen molar-refractivity contribution >= 4 is 15.6 Å². The summed E-state index contributed by atoms with van der Waals surface area (Å²) in [6.07, 6.45) is 0.389. The van der Waals surface area contributed by atoms with Crippen LogP contribution in [0.25, 0.3) is 0 Å². The molecule has 0 spiro atoms. The smallest absolute Gasteiger partial charge is 0.329 e. The van der Waals surface area contributed by atoms with Crippen molar-refractivity contribution in [1.29, 1.82) is 0 Å². The van der Waals surface area contributed by atoms with E-state index in [4.69, 9.17) is 21.3 Å². The Kier molecular flexibility index (Phi) is 11.7. The Labute approximate surface area is 172 Å². The standard InChI is InChI=1S/2C5H10NO6P.C2H8N2/c2*1-2-5(6(7)8)3-11-13(9,10)12-4-5;3-1-2-4/h2*2-4H2,1H3,(H,9,10);1-4H2. The van der Waals surface area contributed by atoms with Crippen LogP contribution in [0.3, 0.4) is 0 Å². The van der Waals surface area contributed by atoms with Crippen molar-refractivity contribution in [3.8, 4) is 0 Å². The predicted octanol–water partition coefficient (Wildman–Crippen LogP) is 0.0220. The van der Waals surface area contributed by atoms with Gasteiger partial charge in [-0.1, -0.05) is 13.8 Å². The van der Waals surface area contributed by atoms with E-state index in [0.29, 0.717) is 13.1 Å². The van der Waals surface area contributed by atoms with Crippen LogP contribution in [-0.4, -0.2) is 70.2 Å². The maximum absolute atomic E-state index is 10.7. The number of nitrogens with two attached hydrogens (primary N) is 2. The van der Waals surface area contributed by atoms with Gasteiger partial charge in [-0.3, -0.25) is 38.3 Å². The minimum Gasteiger partial charge on any atom is -0.329 e. The Hall–Kier alpha value is -1.06. The van der Waals surface area contributed by atoms with Crippen molar-refractivity contribution < 1.29 is 46.9 Å². The molecule has 2 fully saturated rings. The van der Waals surface area contributed by atoms with Gasteiger partial charge < -0.3 is 21.3 Å². The third kappa shape index (κ3) is 8.59. The second-order valence-electron chi connectivity index (χ2n) is 6.28. The lowest BCUT2D eigenvalue weighted by atomic mass is 10.0. The molecule has 0 saturated carbocycles. The van der Waals surface area contributed by atoms with E-state index in [0.717, 1.165) is 0 Å². The second-order valence-corrected chi connectivity index (χ2v) is 9.19. The first-order chi connectivity index (χ1) is 13.8. The predicted molar refractivity (Wildman–Crippen MR) is 102 cm³/mol. The van der Waals surface area contributed by atoms with Crippen LogP contribution in [0.2, 0.25) is 0 Å². The highest BCUT2D eigenvalue weighted by molar-refractivity contribution is 7.47. The molecular weight excluding hydrogens is 454 g/mol. The van der Waals surface area contributed by atoms with E-state index in [-0.39, 0.29) is 39.3 Å². The van der Waals surface area contributed by atoms with Crippen LogP contribution in [0.15, 0.2) is 0 Å². The molecule has 0 aliphatic carbocycles. The van der Waals surface area contributed by atoms with Gasteiger partial charge in [-0.05, 0) is 0 Å². The molecule has 2 aliphatic heterocycles. The van der Waals surface area contributed by atoms with Crippen molar-refractivity contribution in [3.05, 3.63) is 20.2 Å². The Morgan fingerprint density at radius 2 is 1.03 bits per heavy atom. The summed E-state index contributed by atoms with van der Waals surface area (Å²) in [5.41, 5.74) is 7.05. The molecule has 0 aromatic heterocycles. The van der Waals surface area contributed by atoms with Crippen LogP contribution in [0, 0.1) is 20.2 Å². The molecule has 16 nitrogen and oxygen atoms in total. The number of hydrogen-bond donors (Lipinski definition) is 4. The highest BCUT2D eigenvalue weighted by Gasteiger charge is 2.50. The molecule has 30 heavy (non-hydrogen) atoms. The fraction of sp³-hybridized carbons (Fsp3) is 1.00. The Morgan fingerprint density at radius 1 is 0.800 bits per heavy atom. The molecule has 0 radical (unpaired) electrons. The molecule has 0 amide bonds. The van der Waals surface area contributed by atoms with Crippen LogP contribution >= 0.6 is 15.6 Å². The van der Waals surface area contributed by atoms with E-state index in [1.54, 1.807) is 13.8 Å². The molecule has 0 aromatic rings. The van der Waals surface area contributed by atoms with Crippen molar-refractivity contribution in [1.82, 2.24) is 0 Å². The van der Waals surface area contributed by atoms with Gasteiger partial charge in [0.05, 0.1) is 0 Å². The first-order valence-electron chi connectivity index (χ1n) is 8.68. The zero-order valence-corrected chi connectivity index (χ0v) is 18.4. The molecule has 2 rings (SSSR count). The van der Waals surface area contributed by atoms with Gasteiger partial charge in [0, 0.05) is 35.8 Å². The normalized spacial score (nSPS) is 35.8. The molecule has 0 atom stereocenters. The van der Waals surface area contributed by atoms with E-state index in [1.807, 2.05) is 0 Å². The molecule has 2 saturated heterocycles. The van der Waals surface area contributed by atoms with Crippen molar-refractivity contribution in [2.75, 3.05) is 39.5 Å². The lowest BCUT2D eigenvalue weighted by Gasteiger charge is -2.29. The summed E-state index contributed by atoms with van der Waals surface area (Å²) in [5, 5.41) is 21.2. The Balaban J connectivity index is 0.000000477. The fourth-order valence-electron chi connectivity index (χ4n) is 1.84. The molecule has 18 heteroatoms. The summed E-state index contributed by atoms with van der Waals surface area (Å²) in [6, 6.07) is 0. The zero-order chi connectivity index (χ0) is 23.6. The van der Waals surface area contributed by atoms with E-state index in [2.05, 4.69) is 18.1 Å². The van der Waals surface area contributed by atoms with Crippen LogP contribution in [-0.2, 0) is 27.2 Å². The Morgan fingerprint density at radius 3 is 1.17 bits per heavy atom. The van der Waals surface area contributed by atoms with Crippen LogP contribution in [0.1, 0.15) is 26.7 Å². The maximum Gasteiger partial charge on any atom is 0.472 e. The molecule has 2 aliphatic rings. The third-order valence-corrected chi connectivity index (χ3v) is 6.06. The molecule has 0 bridgehead atoms.